The largest absolute Gasteiger partial charge is 0.464 e. The highest BCUT2D eigenvalue weighted by Gasteiger charge is 2.10. The SMILES string of the molecule is CCOc1nc(-c2ccccc2)c2cc(Cl)ccc2n1. The van der Waals surface area contributed by atoms with Crippen molar-refractivity contribution in [2.75, 3.05) is 6.61 Å². The molecule has 0 fully saturated rings. The number of aromatic nitrogens is 2. The molecule has 0 bridgehead atoms. The molecule has 0 radical (unpaired) electrons. The van der Waals surface area contributed by atoms with Gasteiger partial charge in [-0.25, -0.2) is 0 Å². The van der Waals surface area contributed by atoms with Gasteiger partial charge in [0.2, 0.25) is 0 Å². The molecule has 1 aromatic heterocycles. The van der Waals surface area contributed by atoms with E-state index in [2.05, 4.69) is 9.97 Å². The predicted molar refractivity (Wildman–Crippen MR) is 81.2 cm³/mol. The third-order valence-corrected chi connectivity index (χ3v) is 3.19. The zero-order valence-corrected chi connectivity index (χ0v) is 11.8. The zero-order chi connectivity index (χ0) is 13.9. The first-order valence-electron chi connectivity index (χ1n) is 6.43. The van der Waals surface area contributed by atoms with Crippen LogP contribution in [0.4, 0.5) is 0 Å². The van der Waals surface area contributed by atoms with Crippen LogP contribution in [-0.2, 0) is 0 Å². The van der Waals surface area contributed by atoms with Crippen molar-refractivity contribution in [3.63, 3.8) is 0 Å². The molecule has 0 amide bonds. The van der Waals surface area contributed by atoms with Gasteiger partial charge in [0.1, 0.15) is 0 Å². The molecular weight excluding hydrogens is 272 g/mol. The summed E-state index contributed by atoms with van der Waals surface area (Å²) < 4.78 is 5.45. The van der Waals surface area contributed by atoms with Crippen LogP contribution in [0.25, 0.3) is 22.2 Å². The number of nitrogens with zero attached hydrogens (tertiary/aromatic N) is 2. The summed E-state index contributed by atoms with van der Waals surface area (Å²) in [6.45, 7) is 2.45. The van der Waals surface area contributed by atoms with Gasteiger partial charge in [-0.3, -0.25) is 0 Å². The number of fused-ring (bicyclic) bond motifs is 1. The molecule has 4 heteroatoms. The topological polar surface area (TPSA) is 35.0 Å². The minimum absolute atomic E-state index is 0.390. The first-order valence-corrected chi connectivity index (χ1v) is 6.81. The molecule has 3 nitrogen and oxygen atoms in total. The fraction of sp³-hybridized carbons (Fsp3) is 0.125. The Morgan fingerprint density at radius 3 is 2.60 bits per heavy atom. The third kappa shape index (κ3) is 2.45. The van der Waals surface area contributed by atoms with Crippen molar-refractivity contribution < 1.29 is 4.74 Å². The van der Waals surface area contributed by atoms with Crippen molar-refractivity contribution in [1.82, 2.24) is 9.97 Å². The Labute approximate surface area is 122 Å². The molecule has 100 valence electrons. The standard InChI is InChI=1S/C16H13ClN2O/c1-2-20-16-18-14-9-8-12(17)10-13(14)15(19-16)11-6-4-3-5-7-11/h3-10H,2H2,1H3. The second-order valence-corrected chi connectivity index (χ2v) is 4.75. The van der Waals surface area contributed by atoms with Crippen LogP contribution in [0.5, 0.6) is 6.01 Å². The Morgan fingerprint density at radius 2 is 1.85 bits per heavy atom. The minimum Gasteiger partial charge on any atom is -0.464 e. The number of ether oxygens (including phenoxy) is 1. The summed E-state index contributed by atoms with van der Waals surface area (Å²) in [5.41, 5.74) is 2.68. The van der Waals surface area contributed by atoms with E-state index in [1.54, 1.807) is 0 Å². The second-order valence-electron chi connectivity index (χ2n) is 4.32. The maximum Gasteiger partial charge on any atom is 0.317 e. The molecule has 3 aromatic rings. The molecule has 0 unspecified atom stereocenters. The third-order valence-electron chi connectivity index (χ3n) is 2.96. The number of halogens is 1. The Balaban J connectivity index is 2.29. The van der Waals surface area contributed by atoms with Crippen LogP contribution in [0.2, 0.25) is 5.02 Å². The molecule has 1 heterocycles. The van der Waals surface area contributed by atoms with E-state index in [1.165, 1.54) is 0 Å². The van der Waals surface area contributed by atoms with Crippen molar-refractivity contribution in [2.24, 2.45) is 0 Å². The first kappa shape index (κ1) is 12.9. The first-order chi connectivity index (χ1) is 9.78. The summed E-state index contributed by atoms with van der Waals surface area (Å²) in [7, 11) is 0. The molecule has 0 aliphatic rings. The average molecular weight is 285 g/mol. The van der Waals surface area contributed by atoms with Crippen molar-refractivity contribution in [3.05, 3.63) is 53.6 Å². The molecule has 3 rings (SSSR count). The Hall–Kier alpha value is -2.13. The Kier molecular flexibility index (Phi) is 3.52. The van der Waals surface area contributed by atoms with Gasteiger partial charge in [0.25, 0.3) is 0 Å². The molecule has 0 saturated carbocycles. The molecule has 0 aliphatic carbocycles. The number of hydrogen-bond donors (Lipinski definition) is 0. The van der Waals surface area contributed by atoms with Gasteiger partial charge in [-0.15, -0.1) is 0 Å². The average Bonchev–Trinajstić information content (AvgIpc) is 2.48. The van der Waals surface area contributed by atoms with E-state index in [1.807, 2.05) is 55.5 Å². The summed E-state index contributed by atoms with van der Waals surface area (Å²) >= 11 is 6.09. The van der Waals surface area contributed by atoms with E-state index < -0.39 is 0 Å². The van der Waals surface area contributed by atoms with Crippen LogP contribution in [0.3, 0.4) is 0 Å². The predicted octanol–water partition coefficient (Wildman–Crippen LogP) is 4.35. The lowest BCUT2D eigenvalue weighted by Crippen LogP contribution is -1.99. The summed E-state index contributed by atoms with van der Waals surface area (Å²) in [4.78, 5) is 8.91. The van der Waals surface area contributed by atoms with Crippen LogP contribution in [-0.4, -0.2) is 16.6 Å². The summed E-state index contributed by atoms with van der Waals surface area (Å²) in [6.07, 6.45) is 0. The fourth-order valence-electron chi connectivity index (χ4n) is 2.09. The molecule has 0 aliphatic heterocycles. The molecule has 0 spiro atoms. The van der Waals surface area contributed by atoms with Gasteiger partial charge < -0.3 is 4.74 Å². The van der Waals surface area contributed by atoms with Crippen LogP contribution < -0.4 is 4.74 Å². The number of benzene rings is 2. The summed E-state index contributed by atoms with van der Waals surface area (Å²) in [5, 5.41) is 1.59. The highest BCUT2D eigenvalue weighted by atomic mass is 35.5. The lowest BCUT2D eigenvalue weighted by atomic mass is 10.1. The molecule has 2 aromatic carbocycles. The van der Waals surface area contributed by atoms with Gasteiger partial charge in [0.15, 0.2) is 0 Å². The lowest BCUT2D eigenvalue weighted by Gasteiger charge is -2.09. The van der Waals surface area contributed by atoms with E-state index in [0.717, 1.165) is 22.2 Å². The van der Waals surface area contributed by atoms with Gasteiger partial charge in [0, 0.05) is 16.0 Å². The fourth-order valence-corrected chi connectivity index (χ4v) is 2.26. The number of hydrogen-bond acceptors (Lipinski definition) is 3. The van der Waals surface area contributed by atoms with Gasteiger partial charge in [0.05, 0.1) is 17.8 Å². The normalized spacial score (nSPS) is 10.7. The van der Waals surface area contributed by atoms with Crippen molar-refractivity contribution in [3.8, 4) is 17.3 Å². The summed E-state index contributed by atoms with van der Waals surface area (Å²) in [5.74, 6) is 0. The van der Waals surface area contributed by atoms with Crippen molar-refractivity contribution in [2.45, 2.75) is 6.92 Å². The molecule has 20 heavy (non-hydrogen) atoms. The Bertz CT molecular complexity index is 744. The number of rotatable bonds is 3. The van der Waals surface area contributed by atoms with Gasteiger partial charge >= 0.3 is 6.01 Å². The molecule has 0 saturated heterocycles. The zero-order valence-electron chi connectivity index (χ0n) is 11.0. The molecule has 0 atom stereocenters. The minimum atomic E-state index is 0.390. The lowest BCUT2D eigenvalue weighted by molar-refractivity contribution is 0.314. The molecule has 0 N–H and O–H groups in total. The van der Waals surface area contributed by atoms with Crippen molar-refractivity contribution >= 4 is 22.5 Å². The van der Waals surface area contributed by atoms with Crippen LogP contribution in [0.1, 0.15) is 6.92 Å². The van der Waals surface area contributed by atoms with E-state index in [9.17, 15) is 0 Å². The summed E-state index contributed by atoms with van der Waals surface area (Å²) in [6, 6.07) is 15.9. The van der Waals surface area contributed by atoms with Crippen LogP contribution in [0, 0.1) is 0 Å². The maximum absolute atomic E-state index is 6.09. The van der Waals surface area contributed by atoms with Gasteiger partial charge in [-0.2, -0.15) is 9.97 Å². The van der Waals surface area contributed by atoms with Gasteiger partial charge in [-0.1, -0.05) is 41.9 Å². The highest BCUT2D eigenvalue weighted by molar-refractivity contribution is 6.31. The monoisotopic (exact) mass is 284 g/mol. The van der Waals surface area contributed by atoms with E-state index >= 15 is 0 Å². The highest BCUT2D eigenvalue weighted by Crippen LogP contribution is 2.29. The van der Waals surface area contributed by atoms with E-state index in [0.29, 0.717) is 17.6 Å². The smallest absolute Gasteiger partial charge is 0.317 e. The van der Waals surface area contributed by atoms with E-state index in [4.69, 9.17) is 16.3 Å². The van der Waals surface area contributed by atoms with E-state index in [-0.39, 0.29) is 0 Å². The van der Waals surface area contributed by atoms with Crippen LogP contribution in [0.15, 0.2) is 48.5 Å². The Morgan fingerprint density at radius 1 is 1.05 bits per heavy atom. The quantitative estimate of drug-likeness (QED) is 0.717. The van der Waals surface area contributed by atoms with Gasteiger partial charge in [-0.05, 0) is 25.1 Å². The molecular formula is C16H13ClN2O. The second kappa shape index (κ2) is 5.47. The van der Waals surface area contributed by atoms with Crippen molar-refractivity contribution in [1.29, 1.82) is 0 Å². The van der Waals surface area contributed by atoms with Crippen LogP contribution >= 0.6 is 11.6 Å². The maximum atomic E-state index is 6.09.